The largest absolute Gasteiger partial charge is 0.371 e. The fraction of sp³-hybridized carbons (Fsp3) is 0.647. The molecule has 0 aromatic heterocycles. The molecule has 1 aromatic rings. The fourth-order valence-corrected chi connectivity index (χ4v) is 2.90. The van der Waals surface area contributed by atoms with Crippen LogP contribution < -0.4 is 10.6 Å². The van der Waals surface area contributed by atoms with Gasteiger partial charge < -0.3 is 10.6 Å². The van der Waals surface area contributed by atoms with Crippen LogP contribution in [0, 0.1) is 5.92 Å². The molecule has 1 aliphatic heterocycles. The van der Waals surface area contributed by atoms with Crippen molar-refractivity contribution >= 4 is 5.69 Å². The number of rotatable bonds is 5. The molecule has 1 aromatic carbocycles. The zero-order valence-corrected chi connectivity index (χ0v) is 12.7. The molecule has 0 amide bonds. The second-order valence-electron chi connectivity index (χ2n) is 6.30. The van der Waals surface area contributed by atoms with E-state index in [1.54, 1.807) is 0 Å². The van der Waals surface area contributed by atoms with E-state index in [1.807, 2.05) is 0 Å². The van der Waals surface area contributed by atoms with Gasteiger partial charge in [0.25, 0.3) is 0 Å². The SMILES string of the molecule is CC(C)CCCN1CCCc2cc(C(C)N)ccc21. The van der Waals surface area contributed by atoms with Crippen molar-refractivity contribution in [2.45, 2.75) is 52.5 Å². The average molecular weight is 260 g/mol. The van der Waals surface area contributed by atoms with Crippen molar-refractivity contribution in [3.63, 3.8) is 0 Å². The summed E-state index contributed by atoms with van der Waals surface area (Å²) in [6, 6.07) is 6.93. The molecule has 2 nitrogen and oxygen atoms in total. The van der Waals surface area contributed by atoms with Gasteiger partial charge in [0.05, 0.1) is 0 Å². The number of benzene rings is 1. The summed E-state index contributed by atoms with van der Waals surface area (Å²) in [6.45, 7) is 9.08. The molecule has 0 aliphatic carbocycles. The second kappa shape index (κ2) is 6.42. The van der Waals surface area contributed by atoms with Crippen LogP contribution in [0.15, 0.2) is 18.2 Å². The highest BCUT2D eigenvalue weighted by atomic mass is 15.1. The summed E-state index contributed by atoms with van der Waals surface area (Å²) in [5.74, 6) is 0.810. The van der Waals surface area contributed by atoms with Gasteiger partial charge in [-0.3, -0.25) is 0 Å². The molecule has 0 radical (unpaired) electrons. The summed E-state index contributed by atoms with van der Waals surface area (Å²) in [5, 5.41) is 0. The Morgan fingerprint density at radius 3 is 2.74 bits per heavy atom. The number of hydrogen-bond donors (Lipinski definition) is 1. The third-order valence-electron chi connectivity index (χ3n) is 4.05. The molecule has 2 N–H and O–H groups in total. The molecule has 1 unspecified atom stereocenters. The number of hydrogen-bond acceptors (Lipinski definition) is 2. The Hall–Kier alpha value is -1.02. The van der Waals surface area contributed by atoms with Crippen LogP contribution in [0.5, 0.6) is 0 Å². The molecule has 1 aliphatic rings. The first kappa shape index (κ1) is 14.4. The van der Waals surface area contributed by atoms with Crippen LogP contribution in [0.3, 0.4) is 0 Å². The van der Waals surface area contributed by atoms with Gasteiger partial charge in [0, 0.05) is 24.8 Å². The van der Waals surface area contributed by atoms with Crippen molar-refractivity contribution < 1.29 is 0 Å². The van der Waals surface area contributed by atoms with Crippen LogP contribution in [0.2, 0.25) is 0 Å². The summed E-state index contributed by atoms with van der Waals surface area (Å²) in [4.78, 5) is 2.56. The monoisotopic (exact) mass is 260 g/mol. The van der Waals surface area contributed by atoms with Crippen LogP contribution in [0.1, 0.15) is 57.2 Å². The first-order chi connectivity index (χ1) is 9.08. The van der Waals surface area contributed by atoms with E-state index in [1.165, 1.54) is 55.6 Å². The van der Waals surface area contributed by atoms with E-state index in [-0.39, 0.29) is 6.04 Å². The van der Waals surface area contributed by atoms with Crippen LogP contribution >= 0.6 is 0 Å². The number of nitrogens with two attached hydrogens (primary N) is 1. The molecule has 0 saturated heterocycles. The Morgan fingerprint density at radius 2 is 2.05 bits per heavy atom. The van der Waals surface area contributed by atoms with Gasteiger partial charge in [0.2, 0.25) is 0 Å². The molecule has 0 bridgehead atoms. The lowest BCUT2D eigenvalue weighted by molar-refractivity contribution is 0.542. The zero-order valence-electron chi connectivity index (χ0n) is 12.7. The Labute approximate surface area is 118 Å². The molecule has 0 spiro atoms. The molecule has 2 heteroatoms. The Kier molecular flexibility index (Phi) is 4.87. The highest BCUT2D eigenvalue weighted by molar-refractivity contribution is 5.57. The molecule has 19 heavy (non-hydrogen) atoms. The number of anilines is 1. The van der Waals surface area contributed by atoms with Crippen LogP contribution in [-0.2, 0) is 6.42 Å². The average Bonchev–Trinajstić information content (AvgIpc) is 2.37. The van der Waals surface area contributed by atoms with Crippen molar-refractivity contribution in [2.75, 3.05) is 18.0 Å². The van der Waals surface area contributed by atoms with Crippen molar-refractivity contribution in [1.82, 2.24) is 0 Å². The lowest BCUT2D eigenvalue weighted by Crippen LogP contribution is -2.30. The van der Waals surface area contributed by atoms with E-state index >= 15 is 0 Å². The first-order valence-electron chi connectivity index (χ1n) is 7.71. The summed E-state index contributed by atoms with van der Waals surface area (Å²) in [7, 11) is 0. The van der Waals surface area contributed by atoms with E-state index in [9.17, 15) is 0 Å². The normalized spacial score (nSPS) is 16.6. The second-order valence-corrected chi connectivity index (χ2v) is 6.30. The topological polar surface area (TPSA) is 29.3 Å². The smallest absolute Gasteiger partial charge is 0.0398 e. The van der Waals surface area contributed by atoms with Gasteiger partial charge in [-0.05, 0) is 55.7 Å². The lowest BCUT2D eigenvalue weighted by atomic mass is 9.96. The molecular weight excluding hydrogens is 232 g/mol. The summed E-state index contributed by atoms with van der Waals surface area (Å²) in [5.41, 5.74) is 10.2. The van der Waals surface area contributed by atoms with Gasteiger partial charge in [-0.25, -0.2) is 0 Å². The minimum Gasteiger partial charge on any atom is -0.371 e. The highest BCUT2D eigenvalue weighted by Gasteiger charge is 2.17. The van der Waals surface area contributed by atoms with Crippen LogP contribution in [-0.4, -0.2) is 13.1 Å². The maximum atomic E-state index is 5.98. The quantitative estimate of drug-likeness (QED) is 0.870. The summed E-state index contributed by atoms with van der Waals surface area (Å²) >= 11 is 0. The van der Waals surface area contributed by atoms with Crippen LogP contribution in [0.25, 0.3) is 0 Å². The van der Waals surface area contributed by atoms with E-state index in [4.69, 9.17) is 5.73 Å². The minimum atomic E-state index is 0.140. The lowest BCUT2D eigenvalue weighted by Gasteiger charge is -2.32. The van der Waals surface area contributed by atoms with Crippen LogP contribution in [0.4, 0.5) is 5.69 Å². The van der Waals surface area contributed by atoms with E-state index in [2.05, 4.69) is 43.9 Å². The molecule has 1 heterocycles. The summed E-state index contributed by atoms with van der Waals surface area (Å²) in [6.07, 6.45) is 5.10. The van der Waals surface area contributed by atoms with Gasteiger partial charge >= 0.3 is 0 Å². The van der Waals surface area contributed by atoms with Crippen molar-refractivity contribution in [1.29, 1.82) is 0 Å². The first-order valence-corrected chi connectivity index (χ1v) is 7.71. The fourth-order valence-electron chi connectivity index (χ4n) is 2.90. The third kappa shape index (κ3) is 3.73. The molecule has 0 fully saturated rings. The summed E-state index contributed by atoms with van der Waals surface area (Å²) < 4.78 is 0. The molecule has 2 rings (SSSR count). The minimum absolute atomic E-state index is 0.140. The molecule has 1 atom stereocenters. The van der Waals surface area contributed by atoms with Crippen molar-refractivity contribution in [3.05, 3.63) is 29.3 Å². The van der Waals surface area contributed by atoms with E-state index in [0.29, 0.717) is 0 Å². The van der Waals surface area contributed by atoms with E-state index in [0.717, 1.165) is 5.92 Å². The maximum Gasteiger partial charge on any atom is 0.0398 e. The van der Waals surface area contributed by atoms with Gasteiger partial charge in [-0.15, -0.1) is 0 Å². The Morgan fingerprint density at radius 1 is 1.26 bits per heavy atom. The maximum absolute atomic E-state index is 5.98. The highest BCUT2D eigenvalue weighted by Crippen LogP contribution is 2.29. The Balaban J connectivity index is 2.07. The third-order valence-corrected chi connectivity index (χ3v) is 4.05. The zero-order chi connectivity index (χ0) is 13.8. The predicted molar refractivity (Wildman–Crippen MR) is 83.7 cm³/mol. The van der Waals surface area contributed by atoms with Gasteiger partial charge in [0.15, 0.2) is 0 Å². The van der Waals surface area contributed by atoms with Crippen molar-refractivity contribution in [3.8, 4) is 0 Å². The Bertz CT molecular complexity index is 410. The molecular formula is C17H28N2. The molecule has 106 valence electrons. The van der Waals surface area contributed by atoms with Crippen molar-refractivity contribution in [2.24, 2.45) is 11.7 Å². The number of nitrogens with zero attached hydrogens (tertiary/aromatic N) is 1. The van der Waals surface area contributed by atoms with Gasteiger partial charge in [0.1, 0.15) is 0 Å². The predicted octanol–water partition coefficient (Wildman–Crippen LogP) is 3.90. The number of aryl methyl sites for hydroxylation is 1. The van der Waals surface area contributed by atoms with Gasteiger partial charge in [-0.1, -0.05) is 26.0 Å². The number of fused-ring (bicyclic) bond motifs is 1. The standard InChI is InChI=1S/C17H28N2/c1-13(2)6-4-10-19-11-5-7-16-12-15(14(3)18)8-9-17(16)19/h8-9,12-14H,4-7,10-11,18H2,1-3H3. The van der Waals surface area contributed by atoms with E-state index < -0.39 is 0 Å². The van der Waals surface area contributed by atoms with Gasteiger partial charge in [-0.2, -0.15) is 0 Å². The molecule has 0 saturated carbocycles.